The third-order valence-corrected chi connectivity index (χ3v) is 3.63. The van der Waals surface area contributed by atoms with Crippen LogP contribution in [0.15, 0.2) is 24.3 Å². The summed E-state index contributed by atoms with van der Waals surface area (Å²) in [4.78, 5) is 27.2. The molecule has 22 heavy (non-hydrogen) atoms. The summed E-state index contributed by atoms with van der Waals surface area (Å²) < 4.78 is 13.7. The first kappa shape index (κ1) is 16.3. The Morgan fingerprint density at radius 2 is 1.82 bits per heavy atom. The summed E-state index contributed by atoms with van der Waals surface area (Å²) in [5.74, 6) is -1.03. The van der Waals surface area contributed by atoms with E-state index in [0.717, 1.165) is 0 Å². The fourth-order valence-electron chi connectivity index (χ4n) is 2.37. The predicted molar refractivity (Wildman–Crippen MR) is 83.0 cm³/mol. The Labute approximate surface area is 130 Å². The van der Waals surface area contributed by atoms with Crippen LogP contribution in [0.3, 0.4) is 0 Å². The minimum Gasteiger partial charge on any atom is -0.366 e. The summed E-state index contributed by atoms with van der Waals surface area (Å²) in [6.45, 7) is 6.30. The van der Waals surface area contributed by atoms with Crippen molar-refractivity contribution in [1.29, 1.82) is 0 Å². The molecular weight excluding hydrogens is 285 g/mol. The van der Waals surface area contributed by atoms with E-state index in [1.165, 1.54) is 11.0 Å². The Kier molecular flexibility index (Phi) is 5.35. The molecule has 1 aromatic rings. The van der Waals surface area contributed by atoms with Crippen LogP contribution in [0, 0.1) is 11.7 Å². The second-order valence-electron chi connectivity index (χ2n) is 5.83. The van der Waals surface area contributed by atoms with Crippen LogP contribution in [0.5, 0.6) is 0 Å². The number of piperazine rings is 1. The Morgan fingerprint density at radius 3 is 2.41 bits per heavy atom. The molecule has 1 aromatic carbocycles. The number of nitrogens with zero attached hydrogens (tertiary/aromatic N) is 2. The van der Waals surface area contributed by atoms with Gasteiger partial charge in [0.2, 0.25) is 0 Å². The molecule has 6 heteroatoms. The lowest BCUT2D eigenvalue weighted by molar-refractivity contribution is -0.146. The topological polar surface area (TPSA) is 52.7 Å². The maximum atomic E-state index is 13.7. The zero-order valence-electron chi connectivity index (χ0n) is 13.0. The Balaban J connectivity index is 1.88. The van der Waals surface area contributed by atoms with Gasteiger partial charge in [-0.15, -0.1) is 0 Å². The minimum absolute atomic E-state index is 0.267. The molecule has 5 nitrogen and oxygen atoms in total. The van der Waals surface area contributed by atoms with Gasteiger partial charge >= 0.3 is 11.8 Å². The number of nitrogens with one attached hydrogen (secondary N) is 1. The first-order valence-electron chi connectivity index (χ1n) is 7.55. The van der Waals surface area contributed by atoms with Crippen molar-refractivity contribution in [1.82, 2.24) is 10.2 Å². The van der Waals surface area contributed by atoms with Gasteiger partial charge in [0, 0.05) is 32.7 Å². The molecule has 0 bridgehead atoms. The van der Waals surface area contributed by atoms with Gasteiger partial charge in [0.25, 0.3) is 0 Å². The molecule has 2 amide bonds. The number of hydrogen-bond acceptors (Lipinski definition) is 3. The molecule has 0 radical (unpaired) electrons. The van der Waals surface area contributed by atoms with E-state index in [0.29, 0.717) is 44.3 Å². The number of carbonyl (C=O) groups excluding carboxylic acids is 2. The fourth-order valence-corrected chi connectivity index (χ4v) is 2.37. The maximum Gasteiger partial charge on any atom is 0.312 e. The Hall–Kier alpha value is -2.11. The van der Waals surface area contributed by atoms with Crippen molar-refractivity contribution in [3.05, 3.63) is 30.1 Å². The van der Waals surface area contributed by atoms with Crippen LogP contribution in [-0.4, -0.2) is 49.4 Å². The van der Waals surface area contributed by atoms with Gasteiger partial charge in [0.05, 0.1) is 5.69 Å². The molecule has 0 spiro atoms. The number of halogens is 1. The fraction of sp³-hybridized carbons (Fsp3) is 0.500. The normalized spacial score (nSPS) is 15.1. The molecule has 1 aliphatic rings. The summed E-state index contributed by atoms with van der Waals surface area (Å²) in [7, 11) is 0. The van der Waals surface area contributed by atoms with E-state index < -0.39 is 11.8 Å². The highest BCUT2D eigenvalue weighted by atomic mass is 19.1. The van der Waals surface area contributed by atoms with Crippen molar-refractivity contribution in [3.63, 3.8) is 0 Å². The van der Waals surface area contributed by atoms with Crippen LogP contribution in [0.1, 0.15) is 13.8 Å². The van der Waals surface area contributed by atoms with E-state index in [-0.39, 0.29) is 5.82 Å². The lowest BCUT2D eigenvalue weighted by Crippen LogP contribution is -2.53. The lowest BCUT2D eigenvalue weighted by atomic mass is 10.2. The molecule has 2 rings (SSSR count). The Morgan fingerprint density at radius 1 is 1.18 bits per heavy atom. The van der Waals surface area contributed by atoms with Crippen LogP contribution in [0.4, 0.5) is 10.1 Å². The number of para-hydroxylation sites is 1. The van der Waals surface area contributed by atoms with Crippen molar-refractivity contribution < 1.29 is 14.0 Å². The number of benzene rings is 1. The standard InChI is InChI=1S/C16H22FN3O2/c1-12(2)11-18-15(21)16(22)20-9-7-19(8-10-20)14-6-4-3-5-13(14)17/h3-6,12H,7-11H2,1-2H3,(H,18,21). The van der Waals surface area contributed by atoms with Gasteiger partial charge < -0.3 is 15.1 Å². The summed E-state index contributed by atoms with van der Waals surface area (Å²) in [6, 6.07) is 6.58. The summed E-state index contributed by atoms with van der Waals surface area (Å²) in [5, 5.41) is 2.63. The van der Waals surface area contributed by atoms with Crippen molar-refractivity contribution >= 4 is 17.5 Å². The molecule has 1 fully saturated rings. The van der Waals surface area contributed by atoms with Crippen LogP contribution >= 0.6 is 0 Å². The van der Waals surface area contributed by atoms with E-state index in [1.807, 2.05) is 18.7 Å². The smallest absolute Gasteiger partial charge is 0.312 e. The number of carbonyl (C=O) groups is 2. The zero-order valence-corrected chi connectivity index (χ0v) is 13.0. The number of amides is 2. The van der Waals surface area contributed by atoms with Gasteiger partial charge in [-0.3, -0.25) is 9.59 Å². The number of rotatable bonds is 3. The SMILES string of the molecule is CC(C)CNC(=O)C(=O)N1CCN(c2ccccc2F)CC1. The second-order valence-corrected chi connectivity index (χ2v) is 5.83. The highest BCUT2D eigenvalue weighted by Gasteiger charge is 2.26. The van der Waals surface area contributed by atoms with Crippen LogP contribution in [0.2, 0.25) is 0 Å². The van der Waals surface area contributed by atoms with Crippen molar-refractivity contribution in [3.8, 4) is 0 Å². The highest BCUT2D eigenvalue weighted by Crippen LogP contribution is 2.20. The molecule has 120 valence electrons. The molecule has 0 saturated carbocycles. The van der Waals surface area contributed by atoms with E-state index in [2.05, 4.69) is 5.32 Å². The molecule has 0 aromatic heterocycles. The van der Waals surface area contributed by atoms with Gasteiger partial charge in [-0.25, -0.2) is 4.39 Å². The average Bonchev–Trinajstić information content (AvgIpc) is 2.52. The van der Waals surface area contributed by atoms with Gasteiger partial charge in [-0.1, -0.05) is 26.0 Å². The molecule has 0 unspecified atom stereocenters. The van der Waals surface area contributed by atoms with E-state index in [1.54, 1.807) is 18.2 Å². The summed E-state index contributed by atoms with van der Waals surface area (Å²) in [5.41, 5.74) is 0.541. The molecule has 1 N–H and O–H groups in total. The average molecular weight is 307 g/mol. The quantitative estimate of drug-likeness (QED) is 0.855. The molecule has 1 heterocycles. The van der Waals surface area contributed by atoms with Crippen LogP contribution in [-0.2, 0) is 9.59 Å². The first-order chi connectivity index (χ1) is 10.5. The predicted octanol–water partition coefficient (Wildman–Crippen LogP) is 1.25. The van der Waals surface area contributed by atoms with Gasteiger partial charge in [0.15, 0.2) is 0 Å². The third kappa shape index (κ3) is 3.96. The van der Waals surface area contributed by atoms with E-state index >= 15 is 0 Å². The number of anilines is 1. The zero-order chi connectivity index (χ0) is 16.1. The molecule has 1 aliphatic heterocycles. The molecule has 0 aliphatic carbocycles. The first-order valence-corrected chi connectivity index (χ1v) is 7.55. The van der Waals surface area contributed by atoms with Crippen molar-refractivity contribution in [2.75, 3.05) is 37.6 Å². The van der Waals surface area contributed by atoms with Gasteiger partial charge in [-0.2, -0.15) is 0 Å². The molecule has 1 saturated heterocycles. The third-order valence-electron chi connectivity index (χ3n) is 3.63. The molecule has 0 atom stereocenters. The van der Waals surface area contributed by atoms with Crippen molar-refractivity contribution in [2.24, 2.45) is 5.92 Å². The summed E-state index contributed by atoms with van der Waals surface area (Å²) in [6.07, 6.45) is 0. The second kappa shape index (κ2) is 7.24. The minimum atomic E-state index is -0.562. The summed E-state index contributed by atoms with van der Waals surface area (Å²) >= 11 is 0. The van der Waals surface area contributed by atoms with Gasteiger partial charge in [0.1, 0.15) is 5.82 Å². The van der Waals surface area contributed by atoms with Crippen molar-refractivity contribution in [2.45, 2.75) is 13.8 Å². The monoisotopic (exact) mass is 307 g/mol. The van der Waals surface area contributed by atoms with E-state index in [9.17, 15) is 14.0 Å². The maximum absolute atomic E-state index is 13.7. The van der Waals surface area contributed by atoms with Crippen LogP contribution in [0.25, 0.3) is 0 Å². The Bertz CT molecular complexity index is 540. The largest absolute Gasteiger partial charge is 0.366 e. The lowest BCUT2D eigenvalue weighted by Gasteiger charge is -2.35. The van der Waals surface area contributed by atoms with Gasteiger partial charge in [-0.05, 0) is 18.1 Å². The van der Waals surface area contributed by atoms with E-state index in [4.69, 9.17) is 0 Å². The van der Waals surface area contributed by atoms with Crippen LogP contribution < -0.4 is 10.2 Å². The molecular formula is C16H22FN3O2. The highest BCUT2D eigenvalue weighted by molar-refractivity contribution is 6.35. The number of hydrogen-bond donors (Lipinski definition) is 1.